The maximum Gasteiger partial charge on any atom is 0.414 e. The number of carbonyl (C=O) groups is 1. The van der Waals surface area contributed by atoms with Crippen LogP contribution < -0.4 is 10.6 Å². The van der Waals surface area contributed by atoms with Crippen LogP contribution in [0, 0.1) is 0 Å². The van der Waals surface area contributed by atoms with Crippen molar-refractivity contribution in [1.29, 1.82) is 0 Å². The minimum absolute atomic E-state index is 0.0157. The first-order valence-electron chi connectivity index (χ1n) is 8.73. The standard InChI is InChI=1S/C16H20ClF2IN6O4/c1-14(2,3)30-13(28)25-12-23-8(21-4)7-9(24-12)26(6-22-7)11-16(17,19)10(27)15(18,5-20)29-11/h6,10-11,27H,5H2,1-4H3,(H2,21,23,24,25,28)/t10-,11-,15-,16-/m1/s1. The molecule has 1 aliphatic rings. The summed E-state index contributed by atoms with van der Waals surface area (Å²) in [7, 11) is 1.55. The van der Waals surface area contributed by atoms with Crippen LogP contribution in [0.5, 0.6) is 0 Å². The van der Waals surface area contributed by atoms with Gasteiger partial charge in [-0.05, 0) is 20.8 Å². The highest BCUT2D eigenvalue weighted by molar-refractivity contribution is 14.1. The number of halogens is 4. The van der Waals surface area contributed by atoms with E-state index in [1.54, 1.807) is 50.4 Å². The SMILES string of the molecule is CNc1nc(NC(=O)OC(C)(C)C)nc2c1ncn2[C@@H]1O[C@](F)(CI)[C@@H](O)[C@]1(F)Cl. The molecule has 0 unspecified atom stereocenters. The number of carbonyl (C=O) groups excluding carboxylic acids is 1. The van der Waals surface area contributed by atoms with Gasteiger partial charge in [-0.2, -0.15) is 9.97 Å². The minimum Gasteiger partial charge on any atom is -0.444 e. The molecule has 0 bridgehead atoms. The average molecular weight is 561 g/mol. The van der Waals surface area contributed by atoms with Gasteiger partial charge in [0.15, 0.2) is 29.3 Å². The van der Waals surface area contributed by atoms with Crippen LogP contribution in [0.2, 0.25) is 0 Å². The van der Waals surface area contributed by atoms with Gasteiger partial charge in [-0.15, -0.1) is 0 Å². The van der Waals surface area contributed by atoms with Gasteiger partial charge >= 0.3 is 6.09 Å². The summed E-state index contributed by atoms with van der Waals surface area (Å²) in [5, 5.41) is 12.2. The number of aliphatic hydroxyl groups is 1. The third kappa shape index (κ3) is 4.11. The topological polar surface area (TPSA) is 123 Å². The van der Waals surface area contributed by atoms with Crippen molar-refractivity contribution in [2.75, 3.05) is 22.1 Å². The van der Waals surface area contributed by atoms with Gasteiger partial charge in [0.2, 0.25) is 5.95 Å². The molecule has 166 valence electrons. The van der Waals surface area contributed by atoms with E-state index in [9.17, 15) is 14.3 Å². The predicted octanol–water partition coefficient (Wildman–Crippen LogP) is 3.11. The van der Waals surface area contributed by atoms with Crippen molar-refractivity contribution in [1.82, 2.24) is 19.5 Å². The van der Waals surface area contributed by atoms with Crippen molar-refractivity contribution in [3.05, 3.63) is 6.33 Å². The van der Waals surface area contributed by atoms with Gasteiger partial charge in [0, 0.05) is 7.05 Å². The van der Waals surface area contributed by atoms with Crippen LogP contribution in [0.3, 0.4) is 0 Å². The molecule has 1 aliphatic heterocycles. The summed E-state index contributed by atoms with van der Waals surface area (Å²) >= 11 is 7.44. The highest BCUT2D eigenvalue weighted by atomic mass is 127. The Morgan fingerprint density at radius 2 is 2.13 bits per heavy atom. The zero-order valence-corrected chi connectivity index (χ0v) is 19.3. The minimum atomic E-state index is -3.00. The maximum atomic E-state index is 15.1. The molecule has 30 heavy (non-hydrogen) atoms. The Labute approximate surface area is 188 Å². The number of rotatable bonds is 4. The molecule has 0 radical (unpaired) electrons. The summed E-state index contributed by atoms with van der Waals surface area (Å²) in [6.45, 7) is 5.06. The normalized spacial score (nSPS) is 29.2. The highest BCUT2D eigenvalue weighted by Crippen LogP contribution is 2.51. The lowest BCUT2D eigenvalue weighted by Gasteiger charge is -2.22. The Morgan fingerprint density at radius 3 is 2.67 bits per heavy atom. The molecule has 3 N–H and O–H groups in total. The molecule has 3 rings (SSSR count). The fraction of sp³-hybridized carbons (Fsp3) is 0.625. The van der Waals surface area contributed by atoms with Crippen LogP contribution in [0.15, 0.2) is 6.33 Å². The lowest BCUT2D eigenvalue weighted by atomic mass is 10.1. The Hall–Kier alpha value is -1.58. The second kappa shape index (κ2) is 7.84. The van der Waals surface area contributed by atoms with Gasteiger partial charge in [-0.25, -0.2) is 18.6 Å². The van der Waals surface area contributed by atoms with Crippen LogP contribution in [-0.2, 0) is 9.47 Å². The molecule has 14 heteroatoms. The fourth-order valence-corrected chi connectivity index (χ4v) is 3.72. The summed E-state index contributed by atoms with van der Waals surface area (Å²) in [5.41, 5.74) is -0.590. The second-order valence-corrected chi connectivity index (χ2v) is 8.91. The molecule has 1 saturated heterocycles. The Bertz CT molecular complexity index is 971. The van der Waals surface area contributed by atoms with Gasteiger partial charge in [-0.3, -0.25) is 9.88 Å². The molecule has 0 aliphatic carbocycles. The van der Waals surface area contributed by atoms with Gasteiger partial charge in [0.25, 0.3) is 11.0 Å². The molecule has 0 aromatic carbocycles. The first-order chi connectivity index (χ1) is 13.8. The summed E-state index contributed by atoms with van der Waals surface area (Å²) in [6, 6.07) is 0. The van der Waals surface area contributed by atoms with Crippen LogP contribution >= 0.6 is 34.2 Å². The lowest BCUT2D eigenvalue weighted by Crippen LogP contribution is -2.43. The quantitative estimate of drug-likeness (QED) is 0.385. The van der Waals surface area contributed by atoms with Gasteiger partial charge in [0.1, 0.15) is 5.60 Å². The number of hydrogen-bond donors (Lipinski definition) is 3. The van der Waals surface area contributed by atoms with E-state index in [1.807, 2.05) is 0 Å². The van der Waals surface area contributed by atoms with Crippen molar-refractivity contribution in [3.63, 3.8) is 0 Å². The van der Waals surface area contributed by atoms with E-state index in [-0.39, 0.29) is 27.4 Å². The molecule has 1 amide bonds. The van der Waals surface area contributed by atoms with E-state index < -0.39 is 35.0 Å². The zero-order chi connectivity index (χ0) is 22.5. The van der Waals surface area contributed by atoms with Crippen LogP contribution in [0.4, 0.5) is 25.3 Å². The average Bonchev–Trinajstić information content (AvgIpc) is 3.12. The molecule has 2 aromatic rings. The van der Waals surface area contributed by atoms with Crippen molar-refractivity contribution in [2.45, 2.75) is 49.7 Å². The number of aliphatic hydroxyl groups excluding tert-OH is 1. The molecule has 0 saturated carbocycles. The number of amides is 1. The number of ether oxygens (including phenoxy) is 2. The first-order valence-corrected chi connectivity index (χ1v) is 10.6. The zero-order valence-electron chi connectivity index (χ0n) is 16.4. The molecule has 3 heterocycles. The van der Waals surface area contributed by atoms with Crippen molar-refractivity contribution < 1.29 is 28.2 Å². The Kier molecular flexibility index (Phi) is 6.03. The van der Waals surface area contributed by atoms with Crippen molar-refractivity contribution in [2.24, 2.45) is 0 Å². The number of imidazole rings is 1. The van der Waals surface area contributed by atoms with Crippen LogP contribution in [0.25, 0.3) is 11.2 Å². The molecule has 1 fully saturated rings. The van der Waals surface area contributed by atoms with E-state index >= 15 is 4.39 Å². The van der Waals surface area contributed by atoms with Crippen molar-refractivity contribution in [3.8, 4) is 0 Å². The predicted molar refractivity (Wildman–Crippen MR) is 113 cm³/mol. The van der Waals surface area contributed by atoms with Gasteiger partial charge in [-0.1, -0.05) is 34.2 Å². The Morgan fingerprint density at radius 1 is 1.47 bits per heavy atom. The number of alkyl halides is 4. The number of anilines is 2. The maximum absolute atomic E-state index is 15.1. The Balaban J connectivity index is 2.04. The monoisotopic (exact) mass is 560 g/mol. The summed E-state index contributed by atoms with van der Waals surface area (Å²) < 4.78 is 40.8. The van der Waals surface area contributed by atoms with Crippen LogP contribution in [-0.4, -0.2) is 64.9 Å². The largest absolute Gasteiger partial charge is 0.444 e. The van der Waals surface area contributed by atoms with E-state index in [2.05, 4.69) is 25.6 Å². The molecule has 10 nitrogen and oxygen atoms in total. The molecule has 0 spiro atoms. The van der Waals surface area contributed by atoms with E-state index in [0.29, 0.717) is 0 Å². The number of hydrogen-bond acceptors (Lipinski definition) is 8. The van der Waals surface area contributed by atoms with Crippen LogP contribution in [0.1, 0.15) is 27.0 Å². The number of aromatic nitrogens is 4. The number of fused-ring (bicyclic) bond motifs is 1. The highest BCUT2D eigenvalue weighted by Gasteiger charge is 2.66. The van der Waals surface area contributed by atoms with E-state index in [0.717, 1.165) is 10.9 Å². The van der Waals surface area contributed by atoms with Crippen molar-refractivity contribution >= 4 is 63.2 Å². The van der Waals surface area contributed by atoms with E-state index in [4.69, 9.17) is 21.1 Å². The van der Waals surface area contributed by atoms with Gasteiger partial charge < -0.3 is 19.9 Å². The number of nitrogens with zero attached hydrogens (tertiary/aromatic N) is 4. The summed E-state index contributed by atoms with van der Waals surface area (Å²) in [4.78, 5) is 24.4. The smallest absolute Gasteiger partial charge is 0.414 e. The molecular formula is C16H20ClF2IN6O4. The number of nitrogens with one attached hydrogen (secondary N) is 2. The summed E-state index contributed by atoms with van der Waals surface area (Å²) in [5.74, 6) is -2.70. The van der Waals surface area contributed by atoms with E-state index in [1.165, 1.54) is 0 Å². The molecule has 2 aromatic heterocycles. The molecular weight excluding hydrogens is 541 g/mol. The summed E-state index contributed by atoms with van der Waals surface area (Å²) in [6.07, 6.45) is -3.72. The first kappa shape index (κ1) is 23.1. The fourth-order valence-electron chi connectivity index (χ4n) is 2.81. The molecule has 4 atom stereocenters. The third-order valence-electron chi connectivity index (χ3n) is 4.12. The lowest BCUT2D eigenvalue weighted by molar-refractivity contribution is -0.167. The van der Waals surface area contributed by atoms with Gasteiger partial charge in [0.05, 0.1) is 10.8 Å². The second-order valence-electron chi connectivity index (χ2n) is 7.56. The third-order valence-corrected chi connectivity index (χ3v) is 5.55.